The molecule has 31 heavy (non-hydrogen) atoms. The van der Waals surface area contributed by atoms with Gasteiger partial charge in [0.2, 0.25) is 0 Å². The molecule has 2 aromatic rings. The predicted octanol–water partition coefficient (Wildman–Crippen LogP) is 6.49. The van der Waals surface area contributed by atoms with Crippen LogP contribution in [0.1, 0.15) is 35.6 Å². The molecule has 2 aliphatic rings. The van der Waals surface area contributed by atoms with Gasteiger partial charge in [-0.25, -0.2) is 0 Å². The fraction of sp³-hybridized carbons (Fsp3) is 0.238. The first-order chi connectivity index (χ1) is 14.6. The third-order valence-electron chi connectivity index (χ3n) is 5.29. The average Bonchev–Trinajstić information content (AvgIpc) is 3.13. The third kappa shape index (κ3) is 3.77. The molecule has 10 heteroatoms. The number of Topliss-reactive ketones (excluding diaryl/α,β-unsaturated/α-hetero) is 1. The summed E-state index contributed by atoms with van der Waals surface area (Å²) in [6.45, 7) is 0. The minimum Gasteiger partial charge on any atom is -0.384 e. The van der Waals surface area contributed by atoms with Crippen molar-refractivity contribution < 1.29 is 18.0 Å². The Morgan fingerprint density at radius 2 is 2.03 bits per heavy atom. The van der Waals surface area contributed by atoms with Crippen LogP contribution >= 0.6 is 38.9 Å². The fourth-order valence-electron chi connectivity index (χ4n) is 4.06. The van der Waals surface area contributed by atoms with Gasteiger partial charge in [-0.1, -0.05) is 11.6 Å². The summed E-state index contributed by atoms with van der Waals surface area (Å²) in [6.07, 6.45) is -3.59. The van der Waals surface area contributed by atoms with Crippen LogP contribution in [-0.4, -0.2) is 5.78 Å². The average molecular weight is 529 g/mol. The number of carbonyl (C=O) groups excluding carboxylic acids is 1. The molecule has 4 rings (SSSR count). The van der Waals surface area contributed by atoms with Crippen molar-refractivity contribution in [2.24, 2.45) is 5.73 Å². The van der Waals surface area contributed by atoms with Crippen LogP contribution in [0.2, 0.25) is 5.02 Å². The number of hydrogen-bond acceptors (Lipinski definition) is 5. The number of benzene rings is 1. The van der Waals surface area contributed by atoms with E-state index in [0.29, 0.717) is 24.1 Å². The highest BCUT2D eigenvalue weighted by atomic mass is 79.9. The second-order valence-corrected chi connectivity index (χ2v) is 9.44. The molecule has 1 atom stereocenters. The monoisotopic (exact) mass is 527 g/mol. The quantitative estimate of drug-likeness (QED) is 0.484. The first-order valence-electron chi connectivity index (χ1n) is 9.20. The number of nitrogens with two attached hydrogens (primary N) is 1. The van der Waals surface area contributed by atoms with Gasteiger partial charge >= 0.3 is 6.18 Å². The van der Waals surface area contributed by atoms with Crippen molar-refractivity contribution in [1.29, 1.82) is 5.26 Å². The highest BCUT2D eigenvalue weighted by molar-refractivity contribution is 9.10. The van der Waals surface area contributed by atoms with E-state index in [1.54, 1.807) is 6.07 Å². The summed E-state index contributed by atoms with van der Waals surface area (Å²) in [7, 11) is 0. The number of carbonyl (C=O) groups is 1. The Morgan fingerprint density at radius 1 is 1.29 bits per heavy atom. The molecule has 0 spiro atoms. The van der Waals surface area contributed by atoms with Gasteiger partial charge in [0.1, 0.15) is 5.82 Å². The maximum absolute atomic E-state index is 13.8. The number of allylic oxidation sites excluding steroid dienone is 3. The molecule has 0 amide bonds. The fourth-order valence-corrected chi connectivity index (χ4v) is 5.79. The smallest absolute Gasteiger partial charge is 0.384 e. The summed E-state index contributed by atoms with van der Waals surface area (Å²) in [5, 5.41) is 11.7. The SMILES string of the molecule is N#CC1=C(N)N(c2ccc(Cl)cc2C(F)(F)F)C2=C(C(=O)CCC2)C1c1cc(Br)cs1. The van der Waals surface area contributed by atoms with Crippen LogP contribution in [0.3, 0.4) is 0 Å². The van der Waals surface area contributed by atoms with Crippen molar-refractivity contribution in [2.45, 2.75) is 31.4 Å². The van der Waals surface area contributed by atoms with Crippen molar-refractivity contribution in [2.75, 3.05) is 4.90 Å². The Labute approximate surface area is 193 Å². The molecule has 2 heterocycles. The van der Waals surface area contributed by atoms with Gasteiger partial charge in [0, 0.05) is 37.4 Å². The number of halogens is 5. The summed E-state index contributed by atoms with van der Waals surface area (Å²) in [6, 6.07) is 7.22. The predicted molar refractivity (Wildman–Crippen MR) is 116 cm³/mol. The second kappa shape index (κ2) is 8.01. The van der Waals surface area contributed by atoms with E-state index >= 15 is 0 Å². The first kappa shape index (κ1) is 21.9. The Bertz CT molecular complexity index is 1200. The largest absolute Gasteiger partial charge is 0.418 e. The van der Waals surface area contributed by atoms with Crippen molar-refractivity contribution in [1.82, 2.24) is 0 Å². The van der Waals surface area contributed by atoms with E-state index in [9.17, 15) is 23.2 Å². The van der Waals surface area contributed by atoms with Crippen LogP contribution in [0.5, 0.6) is 0 Å². The van der Waals surface area contributed by atoms with Gasteiger partial charge < -0.3 is 5.73 Å². The minimum atomic E-state index is -4.71. The first-order valence-corrected chi connectivity index (χ1v) is 11.2. The van der Waals surface area contributed by atoms with Crippen LogP contribution in [-0.2, 0) is 11.0 Å². The molecule has 1 aliphatic carbocycles. The molecule has 1 aromatic heterocycles. The normalized spacial score (nSPS) is 19.5. The number of hydrogen-bond donors (Lipinski definition) is 1. The molecule has 1 unspecified atom stereocenters. The molecule has 0 saturated heterocycles. The molecule has 2 N–H and O–H groups in total. The van der Waals surface area contributed by atoms with Gasteiger partial charge in [-0.2, -0.15) is 18.4 Å². The summed E-state index contributed by atoms with van der Waals surface area (Å²) in [4.78, 5) is 14.9. The lowest BCUT2D eigenvalue weighted by atomic mass is 9.78. The summed E-state index contributed by atoms with van der Waals surface area (Å²) in [5.74, 6) is -1.01. The van der Waals surface area contributed by atoms with Gasteiger partial charge in [-0.3, -0.25) is 9.69 Å². The molecule has 1 aliphatic heterocycles. The maximum Gasteiger partial charge on any atom is 0.418 e. The zero-order valence-electron chi connectivity index (χ0n) is 15.8. The number of thiophene rings is 1. The highest BCUT2D eigenvalue weighted by Crippen LogP contribution is 2.50. The van der Waals surface area contributed by atoms with Gasteiger partial charge in [-0.15, -0.1) is 11.3 Å². The molecule has 0 bridgehead atoms. The van der Waals surface area contributed by atoms with Crippen LogP contribution in [0.4, 0.5) is 18.9 Å². The van der Waals surface area contributed by atoms with E-state index < -0.39 is 17.7 Å². The van der Waals surface area contributed by atoms with Gasteiger partial charge in [0.15, 0.2) is 5.78 Å². The Hall–Kier alpha value is -2.28. The number of nitrogens with zero attached hydrogens (tertiary/aromatic N) is 2. The minimum absolute atomic E-state index is 0.0476. The number of rotatable bonds is 2. The lowest BCUT2D eigenvalue weighted by molar-refractivity contribution is -0.137. The molecule has 0 saturated carbocycles. The number of alkyl halides is 3. The van der Waals surface area contributed by atoms with Crippen LogP contribution in [0.25, 0.3) is 0 Å². The van der Waals surface area contributed by atoms with Crippen LogP contribution in [0, 0.1) is 11.3 Å². The third-order valence-corrected chi connectivity index (χ3v) is 7.28. The van der Waals surface area contributed by atoms with Gasteiger partial charge in [0.25, 0.3) is 0 Å². The lowest BCUT2D eigenvalue weighted by Gasteiger charge is -2.40. The topological polar surface area (TPSA) is 70.1 Å². The van der Waals surface area contributed by atoms with Gasteiger partial charge in [0.05, 0.1) is 28.8 Å². The van der Waals surface area contributed by atoms with Crippen molar-refractivity contribution in [3.63, 3.8) is 0 Å². The van der Waals surface area contributed by atoms with Crippen molar-refractivity contribution >= 4 is 50.3 Å². The van der Waals surface area contributed by atoms with E-state index in [-0.39, 0.29) is 34.3 Å². The zero-order chi connectivity index (χ0) is 22.5. The van der Waals surface area contributed by atoms with Crippen LogP contribution in [0.15, 0.2) is 56.8 Å². The van der Waals surface area contributed by atoms with Gasteiger partial charge in [-0.05, 0) is 53.0 Å². The molecular weight excluding hydrogens is 515 g/mol. The Morgan fingerprint density at radius 3 is 2.65 bits per heavy atom. The van der Waals surface area contributed by atoms with Crippen molar-refractivity contribution in [3.8, 4) is 6.07 Å². The highest BCUT2D eigenvalue weighted by Gasteiger charge is 2.43. The summed E-state index contributed by atoms with van der Waals surface area (Å²) >= 11 is 10.6. The number of ketones is 1. The lowest BCUT2D eigenvalue weighted by Crippen LogP contribution is -2.39. The van der Waals surface area contributed by atoms with E-state index in [0.717, 1.165) is 15.4 Å². The van der Waals surface area contributed by atoms with E-state index in [2.05, 4.69) is 15.9 Å². The van der Waals surface area contributed by atoms with Crippen molar-refractivity contribution in [3.05, 3.63) is 72.2 Å². The number of anilines is 1. The van der Waals surface area contributed by atoms with E-state index in [4.69, 9.17) is 17.3 Å². The molecular formula is C21H14BrClF3N3OS. The molecule has 0 fully saturated rings. The van der Waals surface area contributed by atoms with E-state index in [1.807, 2.05) is 11.4 Å². The standard InChI is InChI=1S/C21H14BrClF3N3OS/c22-10-6-17(31-9-10)18-12(8-27)20(28)29(15-2-1-3-16(30)19(15)18)14-5-4-11(23)7-13(14)21(24,25)26/h4-7,9,18H,1-3,28H2. The zero-order valence-corrected chi connectivity index (χ0v) is 18.9. The Balaban J connectivity index is 2.02. The second-order valence-electron chi connectivity index (χ2n) is 7.14. The molecule has 1 aromatic carbocycles. The molecule has 160 valence electrons. The maximum atomic E-state index is 13.8. The summed E-state index contributed by atoms with van der Waals surface area (Å²) in [5.41, 5.74) is 5.87. The summed E-state index contributed by atoms with van der Waals surface area (Å²) < 4.78 is 42.3. The molecule has 4 nitrogen and oxygen atoms in total. The van der Waals surface area contributed by atoms with E-state index in [1.165, 1.54) is 28.4 Å². The number of nitriles is 1. The van der Waals surface area contributed by atoms with Crippen LogP contribution < -0.4 is 10.6 Å². The Kier molecular flexibility index (Phi) is 5.66. The molecule has 0 radical (unpaired) electrons.